The third-order valence-corrected chi connectivity index (χ3v) is 2.23. The molecule has 0 aromatic heterocycles. The lowest BCUT2D eigenvalue weighted by atomic mass is 10.2. The molecule has 0 radical (unpaired) electrons. The van der Waals surface area contributed by atoms with Gasteiger partial charge in [0.15, 0.2) is 0 Å². The highest BCUT2D eigenvalue weighted by molar-refractivity contribution is 5.93. The summed E-state index contributed by atoms with van der Waals surface area (Å²) in [6.45, 7) is 4.98. The molecule has 20 heavy (non-hydrogen) atoms. The number of rotatable bonds is 3. The minimum absolute atomic E-state index is 0.0788. The summed E-state index contributed by atoms with van der Waals surface area (Å²) < 4.78 is 18.5. The van der Waals surface area contributed by atoms with E-state index in [0.29, 0.717) is 0 Å². The highest BCUT2D eigenvalue weighted by atomic mass is 19.1. The summed E-state index contributed by atoms with van der Waals surface area (Å²) in [5.41, 5.74) is -0.553. The molecular weight excluding hydrogens is 263 g/mol. The molecule has 0 spiro atoms. The average Bonchev–Trinajstić information content (AvgIpc) is 2.29. The van der Waals surface area contributed by atoms with Crippen molar-refractivity contribution in [2.75, 3.05) is 18.9 Å². The quantitative estimate of drug-likeness (QED) is 0.927. The molecule has 5 nitrogen and oxygen atoms in total. The number of nitrogens with one attached hydrogen (secondary N) is 1. The standard InChI is InChI=1S/C14H19FN2O3/c1-14(2,3)20-13(19)17(4)9-12(18)16-11-8-6-5-7-10(11)15/h5-8H,9H2,1-4H3,(H,16,18). The van der Waals surface area contributed by atoms with Crippen LogP contribution in [-0.4, -0.2) is 36.1 Å². The van der Waals surface area contributed by atoms with Crippen molar-refractivity contribution in [2.24, 2.45) is 0 Å². The monoisotopic (exact) mass is 282 g/mol. The van der Waals surface area contributed by atoms with E-state index in [1.165, 1.54) is 25.2 Å². The number of para-hydroxylation sites is 1. The highest BCUT2D eigenvalue weighted by Gasteiger charge is 2.21. The number of carbonyl (C=O) groups is 2. The lowest BCUT2D eigenvalue weighted by Gasteiger charge is -2.24. The Morgan fingerprint density at radius 2 is 1.90 bits per heavy atom. The van der Waals surface area contributed by atoms with Crippen molar-refractivity contribution < 1.29 is 18.7 Å². The Bertz CT molecular complexity index is 497. The van der Waals surface area contributed by atoms with E-state index in [1.54, 1.807) is 26.8 Å². The smallest absolute Gasteiger partial charge is 0.410 e. The molecule has 0 atom stereocenters. The molecule has 1 aromatic rings. The number of nitrogens with zero attached hydrogens (tertiary/aromatic N) is 1. The average molecular weight is 282 g/mol. The molecule has 0 aliphatic rings. The Labute approximate surface area is 117 Å². The van der Waals surface area contributed by atoms with Crippen LogP contribution in [0.15, 0.2) is 24.3 Å². The van der Waals surface area contributed by atoms with Gasteiger partial charge in [-0.15, -0.1) is 0 Å². The van der Waals surface area contributed by atoms with Crippen LogP contribution >= 0.6 is 0 Å². The Morgan fingerprint density at radius 3 is 2.45 bits per heavy atom. The van der Waals surface area contributed by atoms with Gasteiger partial charge in [-0.3, -0.25) is 4.79 Å². The zero-order valence-corrected chi connectivity index (χ0v) is 12.1. The maximum absolute atomic E-state index is 13.3. The van der Waals surface area contributed by atoms with Gasteiger partial charge in [-0.25, -0.2) is 9.18 Å². The van der Waals surface area contributed by atoms with E-state index in [2.05, 4.69) is 5.32 Å². The molecule has 6 heteroatoms. The van der Waals surface area contributed by atoms with Crippen LogP contribution in [-0.2, 0) is 9.53 Å². The summed E-state index contributed by atoms with van der Waals surface area (Å²) in [6.07, 6.45) is -0.610. The van der Waals surface area contributed by atoms with Gasteiger partial charge in [0.2, 0.25) is 5.91 Å². The third-order valence-electron chi connectivity index (χ3n) is 2.23. The Hall–Kier alpha value is -2.11. The Kier molecular flexibility index (Phi) is 5.07. The van der Waals surface area contributed by atoms with Crippen molar-refractivity contribution in [3.8, 4) is 0 Å². The van der Waals surface area contributed by atoms with Crippen LogP contribution < -0.4 is 5.32 Å². The first kappa shape index (κ1) is 15.9. The molecule has 0 saturated heterocycles. The molecule has 0 bridgehead atoms. The number of halogens is 1. The zero-order chi connectivity index (χ0) is 15.3. The van der Waals surface area contributed by atoms with Gasteiger partial charge in [-0.05, 0) is 32.9 Å². The highest BCUT2D eigenvalue weighted by Crippen LogP contribution is 2.12. The van der Waals surface area contributed by atoms with Crippen molar-refractivity contribution in [3.63, 3.8) is 0 Å². The van der Waals surface area contributed by atoms with E-state index in [1.807, 2.05) is 0 Å². The van der Waals surface area contributed by atoms with Crippen LogP contribution in [0.5, 0.6) is 0 Å². The molecule has 2 amide bonds. The Morgan fingerprint density at radius 1 is 1.30 bits per heavy atom. The van der Waals surface area contributed by atoms with Crippen molar-refractivity contribution in [2.45, 2.75) is 26.4 Å². The first-order chi connectivity index (χ1) is 9.19. The molecule has 0 saturated carbocycles. The van der Waals surface area contributed by atoms with E-state index in [4.69, 9.17) is 4.74 Å². The van der Waals surface area contributed by atoms with Crippen LogP contribution in [0.2, 0.25) is 0 Å². The zero-order valence-electron chi connectivity index (χ0n) is 12.1. The second-order valence-corrected chi connectivity index (χ2v) is 5.36. The normalized spacial score (nSPS) is 10.8. The van der Waals surface area contributed by atoms with Gasteiger partial charge in [0.05, 0.1) is 5.69 Å². The summed E-state index contributed by atoms with van der Waals surface area (Å²) in [5, 5.41) is 2.40. The molecular formula is C14H19FN2O3. The number of anilines is 1. The predicted octanol–water partition coefficient (Wildman–Crippen LogP) is 2.63. The van der Waals surface area contributed by atoms with Gasteiger partial charge in [0, 0.05) is 7.05 Å². The molecule has 0 fully saturated rings. The van der Waals surface area contributed by atoms with Crippen molar-refractivity contribution in [1.82, 2.24) is 4.90 Å². The van der Waals surface area contributed by atoms with E-state index < -0.39 is 23.4 Å². The molecule has 0 heterocycles. The molecule has 110 valence electrons. The number of amides is 2. The van der Waals surface area contributed by atoms with E-state index in [0.717, 1.165) is 4.90 Å². The summed E-state index contributed by atoms with van der Waals surface area (Å²) >= 11 is 0. The second-order valence-electron chi connectivity index (χ2n) is 5.36. The van der Waals surface area contributed by atoms with Crippen LogP contribution in [0.25, 0.3) is 0 Å². The largest absolute Gasteiger partial charge is 0.444 e. The minimum Gasteiger partial charge on any atom is -0.444 e. The van der Waals surface area contributed by atoms with Crippen LogP contribution in [0.1, 0.15) is 20.8 Å². The van der Waals surface area contributed by atoms with Gasteiger partial charge in [0.25, 0.3) is 0 Å². The molecule has 1 N–H and O–H groups in total. The lowest BCUT2D eigenvalue weighted by molar-refractivity contribution is -0.117. The van der Waals surface area contributed by atoms with Gasteiger partial charge in [-0.1, -0.05) is 12.1 Å². The molecule has 0 aliphatic carbocycles. The van der Waals surface area contributed by atoms with Crippen molar-refractivity contribution >= 4 is 17.7 Å². The number of hydrogen-bond donors (Lipinski definition) is 1. The first-order valence-corrected chi connectivity index (χ1v) is 6.17. The maximum Gasteiger partial charge on any atom is 0.410 e. The number of hydrogen-bond acceptors (Lipinski definition) is 3. The van der Waals surface area contributed by atoms with Gasteiger partial charge < -0.3 is 15.0 Å². The lowest BCUT2D eigenvalue weighted by Crippen LogP contribution is -2.38. The van der Waals surface area contributed by atoms with Crippen LogP contribution in [0.3, 0.4) is 0 Å². The van der Waals surface area contributed by atoms with Gasteiger partial charge in [-0.2, -0.15) is 0 Å². The molecule has 0 unspecified atom stereocenters. The summed E-state index contributed by atoms with van der Waals surface area (Å²) in [5.74, 6) is -1.02. The molecule has 1 aromatic carbocycles. The van der Waals surface area contributed by atoms with E-state index in [-0.39, 0.29) is 12.2 Å². The summed E-state index contributed by atoms with van der Waals surface area (Å²) in [7, 11) is 1.44. The van der Waals surface area contributed by atoms with Crippen LogP contribution in [0, 0.1) is 5.82 Å². The maximum atomic E-state index is 13.3. The third kappa shape index (κ3) is 5.26. The van der Waals surface area contributed by atoms with Crippen molar-refractivity contribution in [1.29, 1.82) is 0 Å². The SMILES string of the molecule is CN(CC(=O)Nc1ccccc1F)C(=O)OC(C)(C)C. The van der Waals surface area contributed by atoms with E-state index in [9.17, 15) is 14.0 Å². The second kappa shape index (κ2) is 6.36. The number of ether oxygens (including phenoxy) is 1. The fourth-order valence-electron chi connectivity index (χ4n) is 1.37. The van der Waals surface area contributed by atoms with Crippen LogP contribution in [0.4, 0.5) is 14.9 Å². The summed E-state index contributed by atoms with van der Waals surface area (Å²) in [4.78, 5) is 24.5. The molecule has 0 aliphatic heterocycles. The van der Waals surface area contributed by atoms with Gasteiger partial charge >= 0.3 is 6.09 Å². The fourth-order valence-corrected chi connectivity index (χ4v) is 1.37. The topological polar surface area (TPSA) is 58.6 Å². The Balaban J connectivity index is 2.54. The predicted molar refractivity (Wildman–Crippen MR) is 73.9 cm³/mol. The van der Waals surface area contributed by atoms with Gasteiger partial charge in [0.1, 0.15) is 18.0 Å². The first-order valence-electron chi connectivity index (χ1n) is 6.17. The minimum atomic E-state index is -0.632. The van der Waals surface area contributed by atoms with E-state index >= 15 is 0 Å². The summed E-state index contributed by atoms with van der Waals surface area (Å²) in [6, 6.07) is 5.82. The number of carbonyl (C=O) groups excluding carboxylic acids is 2. The number of likely N-dealkylation sites (N-methyl/N-ethyl adjacent to an activating group) is 1. The van der Waals surface area contributed by atoms with Crippen molar-refractivity contribution in [3.05, 3.63) is 30.1 Å². The number of benzene rings is 1. The molecule has 1 rings (SSSR count). The fraction of sp³-hybridized carbons (Fsp3) is 0.429.